The summed E-state index contributed by atoms with van der Waals surface area (Å²) in [5, 5.41) is 24.1. The first-order chi connectivity index (χ1) is 10.4. The van der Waals surface area contributed by atoms with Crippen molar-refractivity contribution in [1.29, 1.82) is 0 Å². The number of carboxylic acid groups (broad SMARTS) is 3. The summed E-state index contributed by atoms with van der Waals surface area (Å²) in [6, 6.07) is -1.86. The third kappa shape index (κ3) is 19.8. The highest BCUT2D eigenvalue weighted by molar-refractivity contribution is 5.83. The van der Waals surface area contributed by atoms with Crippen LogP contribution in [0, 0.1) is 5.92 Å². The van der Waals surface area contributed by atoms with Crippen molar-refractivity contribution in [2.45, 2.75) is 38.8 Å². The Bertz CT molecular complexity index is 390. The number of carbonyl (C=O) groups is 4. The maximum Gasteiger partial charge on any atom is 0.321 e. The molecule has 0 unspecified atom stereocenters. The molecule has 23 heavy (non-hydrogen) atoms. The van der Waals surface area contributed by atoms with Crippen molar-refractivity contribution in [3.8, 4) is 0 Å². The van der Waals surface area contributed by atoms with Gasteiger partial charge in [-0.15, -0.1) is 0 Å². The number of rotatable bonds is 7. The zero-order valence-corrected chi connectivity index (χ0v) is 13.1. The van der Waals surface area contributed by atoms with Crippen molar-refractivity contribution in [1.82, 2.24) is 0 Å². The number of carbonyl (C=O) groups excluding carboxylic acids is 1. The molecular formula is C12H26N4O7. The lowest BCUT2D eigenvalue weighted by atomic mass is 10.0. The topological polar surface area (TPSA) is 233 Å². The summed E-state index contributed by atoms with van der Waals surface area (Å²) in [5.74, 6) is -3.73. The van der Waals surface area contributed by atoms with Gasteiger partial charge in [0.25, 0.3) is 0 Å². The number of hydrogen-bond donors (Lipinski definition) is 7. The van der Waals surface area contributed by atoms with Gasteiger partial charge in [0.05, 0.1) is 13.0 Å². The summed E-state index contributed by atoms with van der Waals surface area (Å²) >= 11 is 0. The zero-order chi connectivity index (χ0) is 19.2. The maximum absolute atomic E-state index is 10.2. The quantitative estimate of drug-likeness (QED) is 0.263. The van der Waals surface area contributed by atoms with Crippen molar-refractivity contribution in [3.63, 3.8) is 0 Å². The van der Waals surface area contributed by atoms with E-state index in [1.165, 1.54) is 0 Å². The lowest BCUT2D eigenvalue weighted by Crippen LogP contribution is -2.36. The van der Waals surface area contributed by atoms with Crippen molar-refractivity contribution >= 4 is 23.8 Å². The fourth-order valence-electron chi connectivity index (χ4n) is 0.801. The molecule has 0 radical (unpaired) electrons. The van der Waals surface area contributed by atoms with Crippen LogP contribution in [0.4, 0.5) is 0 Å². The molecule has 0 aromatic carbocycles. The van der Waals surface area contributed by atoms with Crippen molar-refractivity contribution in [2.75, 3.05) is 6.54 Å². The first-order valence-corrected chi connectivity index (χ1v) is 6.57. The van der Waals surface area contributed by atoms with Crippen LogP contribution in [0.25, 0.3) is 0 Å². The Balaban J connectivity index is -0.000000273. The number of primary amides is 1. The Labute approximate surface area is 133 Å². The van der Waals surface area contributed by atoms with E-state index >= 15 is 0 Å². The maximum atomic E-state index is 10.2. The Hall–Kier alpha value is -2.24. The van der Waals surface area contributed by atoms with E-state index in [0.717, 1.165) is 6.42 Å². The Morgan fingerprint density at radius 1 is 1.00 bits per heavy atom. The Kier molecular flexibility index (Phi) is 16.4. The summed E-state index contributed by atoms with van der Waals surface area (Å²) in [4.78, 5) is 39.3. The summed E-state index contributed by atoms with van der Waals surface area (Å²) < 4.78 is 0. The predicted molar refractivity (Wildman–Crippen MR) is 81.2 cm³/mol. The molecule has 3 atom stereocenters. The molecule has 0 saturated carbocycles. The molecule has 0 aliphatic heterocycles. The molecule has 0 heterocycles. The number of amides is 1. The second-order valence-corrected chi connectivity index (χ2v) is 4.46. The number of aliphatic carboxylic acids is 3. The van der Waals surface area contributed by atoms with Crippen LogP contribution in [0.2, 0.25) is 0 Å². The highest BCUT2D eigenvalue weighted by atomic mass is 16.4. The number of nitrogens with two attached hydrogens (primary N) is 4. The molecule has 0 saturated heterocycles. The van der Waals surface area contributed by atoms with E-state index in [0.29, 0.717) is 0 Å². The van der Waals surface area contributed by atoms with Crippen LogP contribution in [0.15, 0.2) is 0 Å². The molecular weight excluding hydrogens is 312 g/mol. The van der Waals surface area contributed by atoms with E-state index in [9.17, 15) is 19.2 Å². The van der Waals surface area contributed by atoms with Crippen LogP contribution < -0.4 is 22.9 Å². The van der Waals surface area contributed by atoms with Crippen molar-refractivity contribution in [3.05, 3.63) is 0 Å². The standard InChI is InChI=1S/C6H13NO2.C4H8N2O3.C2H5NO2/c1-3-4(2)5(7)6(8)9;5-2(4(8)9)1-3(6)7;3-1-2(4)5/h4-5H,3,7H2,1-2H3,(H,8,9);2H,1,5H2,(H2,6,7)(H,8,9);1,3H2,(H,4,5)/t4-,5-;2-;/m00./s1. The fraction of sp³-hybridized carbons (Fsp3) is 0.667. The lowest BCUT2D eigenvalue weighted by Gasteiger charge is -2.11. The van der Waals surface area contributed by atoms with E-state index < -0.39 is 35.9 Å². The normalized spacial score (nSPS) is 13.1. The van der Waals surface area contributed by atoms with Gasteiger partial charge < -0.3 is 38.3 Å². The predicted octanol–water partition coefficient (Wildman–Crippen LogP) is -2.25. The minimum absolute atomic E-state index is 0.0718. The van der Waals surface area contributed by atoms with E-state index in [4.69, 9.17) is 26.8 Å². The largest absolute Gasteiger partial charge is 0.480 e. The smallest absolute Gasteiger partial charge is 0.321 e. The first-order valence-electron chi connectivity index (χ1n) is 6.57. The van der Waals surface area contributed by atoms with Crippen LogP contribution in [0.1, 0.15) is 26.7 Å². The summed E-state index contributed by atoms with van der Waals surface area (Å²) in [6.45, 7) is 3.48. The summed E-state index contributed by atoms with van der Waals surface area (Å²) in [6.07, 6.45) is 0.503. The van der Waals surface area contributed by atoms with Crippen LogP contribution in [-0.2, 0) is 19.2 Å². The number of carboxylic acids is 3. The molecule has 0 aliphatic carbocycles. The molecule has 0 aliphatic rings. The van der Waals surface area contributed by atoms with E-state index in [1.807, 2.05) is 13.8 Å². The SMILES string of the molecule is CC[C@H](C)[C@H](N)C(=O)O.NC(=O)C[C@H](N)C(=O)O.NCC(=O)O. The van der Waals surface area contributed by atoms with Gasteiger partial charge in [-0.1, -0.05) is 20.3 Å². The minimum Gasteiger partial charge on any atom is -0.480 e. The van der Waals surface area contributed by atoms with Crippen molar-refractivity contribution < 1.29 is 34.5 Å². The third-order valence-corrected chi connectivity index (χ3v) is 2.46. The molecule has 136 valence electrons. The molecule has 0 aromatic rings. The molecule has 0 fully saturated rings. The van der Waals surface area contributed by atoms with Gasteiger partial charge in [-0.05, 0) is 5.92 Å². The average molecular weight is 338 g/mol. The Morgan fingerprint density at radius 3 is 1.48 bits per heavy atom. The lowest BCUT2D eigenvalue weighted by molar-refractivity contribution is -0.140. The van der Waals surface area contributed by atoms with E-state index in [1.54, 1.807) is 0 Å². The van der Waals surface area contributed by atoms with Crippen LogP contribution in [0.5, 0.6) is 0 Å². The van der Waals surface area contributed by atoms with Gasteiger partial charge in [-0.3, -0.25) is 19.2 Å². The second kappa shape index (κ2) is 14.7. The summed E-state index contributed by atoms with van der Waals surface area (Å²) in [7, 11) is 0. The van der Waals surface area contributed by atoms with Gasteiger partial charge in [-0.25, -0.2) is 0 Å². The Morgan fingerprint density at radius 2 is 1.39 bits per heavy atom. The van der Waals surface area contributed by atoms with Gasteiger partial charge in [0.1, 0.15) is 12.1 Å². The summed E-state index contributed by atoms with van der Waals surface area (Å²) in [5.41, 5.74) is 19.4. The molecule has 0 aromatic heterocycles. The third-order valence-electron chi connectivity index (χ3n) is 2.46. The molecule has 0 rings (SSSR count). The van der Waals surface area contributed by atoms with Gasteiger partial charge in [0.2, 0.25) is 5.91 Å². The van der Waals surface area contributed by atoms with Crippen LogP contribution in [0.3, 0.4) is 0 Å². The van der Waals surface area contributed by atoms with E-state index in [-0.39, 0.29) is 18.9 Å². The van der Waals surface area contributed by atoms with Gasteiger partial charge in [-0.2, -0.15) is 0 Å². The van der Waals surface area contributed by atoms with Gasteiger partial charge >= 0.3 is 17.9 Å². The fourth-order valence-corrected chi connectivity index (χ4v) is 0.801. The highest BCUT2D eigenvalue weighted by Crippen LogP contribution is 2.04. The molecule has 11 nitrogen and oxygen atoms in total. The van der Waals surface area contributed by atoms with Crippen molar-refractivity contribution in [2.24, 2.45) is 28.9 Å². The zero-order valence-electron chi connectivity index (χ0n) is 13.1. The molecule has 11 heteroatoms. The second-order valence-electron chi connectivity index (χ2n) is 4.46. The number of hydrogen-bond acceptors (Lipinski definition) is 7. The van der Waals surface area contributed by atoms with E-state index in [2.05, 4.69) is 11.5 Å². The highest BCUT2D eigenvalue weighted by Gasteiger charge is 2.17. The first kappa shape index (κ1) is 25.7. The van der Waals surface area contributed by atoms with Crippen LogP contribution >= 0.6 is 0 Å². The monoisotopic (exact) mass is 338 g/mol. The van der Waals surface area contributed by atoms with Crippen LogP contribution in [-0.4, -0.2) is 57.8 Å². The average Bonchev–Trinajstić information content (AvgIpc) is 2.45. The molecule has 11 N–H and O–H groups in total. The molecule has 1 amide bonds. The van der Waals surface area contributed by atoms with Gasteiger partial charge in [0, 0.05) is 0 Å². The molecule has 0 bridgehead atoms. The molecule has 0 spiro atoms. The minimum atomic E-state index is -1.21. The van der Waals surface area contributed by atoms with Gasteiger partial charge in [0.15, 0.2) is 0 Å².